The summed E-state index contributed by atoms with van der Waals surface area (Å²) in [5.74, 6) is -0.188. The zero-order chi connectivity index (χ0) is 14.7. The van der Waals surface area contributed by atoms with Crippen LogP contribution in [0.4, 0.5) is 10.1 Å². The first-order valence-electron chi connectivity index (χ1n) is 6.73. The molecular weight excluding hydrogens is 317 g/mol. The molecule has 20 heavy (non-hydrogen) atoms. The fraction of sp³-hybridized carbons (Fsp3) is 0.294. The molecule has 1 atom stereocenters. The average molecular weight is 336 g/mol. The Bertz CT molecular complexity index is 569. The maximum absolute atomic E-state index is 12.9. The number of aryl methyl sites for hydroxylation is 2. The molecule has 0 aliphatic heterocycles. The van der Waals surface area contributed by atoms with Crippen molar-refractivity contribution in [3.63, 3.8) is 0 Å². The summed E-state index contributed by atoms with van der Waals surface area (Å²) in [6.07, 6.45) is 0.861. The lowest BCUT2D eigenvalue weighted by atomic mass is 10.1. The van der Waals surface area contributed by atoms with Gasteiger partial charge in [0.15, 0.2) is 0 Å². The number of hydrogen-bond donors (Lipinski definition) is 1. The van der Waals surface area contributed by atoms with Crippen LogP contribution in [0.2, 0.25) is 0 Å². The van der Waals surface area contributed by atoms with Gasteiger partial charge in [-0.1, -0.05) is 18.2 Å². The third-order valence-corrected chi connectivity index (χ3v) is 3.90. The van der Waals surface area contributed by atoms with Crippen molar-refractivity contribution < 1.29 is 4.39 Å². The molecule has 0 aliphatic carbocycles. The molecule has 3 heteroatoms. The molecular formula is C17H19BrFN. The van der Waals surface area contributed by atoms with Crippen molar-refractivity contribution in [2.45, 2.75) is 33.2 Å². The van der Waals surface area contributed by atoms with E-state index in [0.717, 1.165) is 22.1 Å². The molecule has 0 fully saturated rings. The van der Waals surface area contributed by atoms with Gasteiger partial charge in [-0.3, -0.25) is 0 Å². The molecule has 1 nitrogen and oxygen atoms in total. The standard InChI is InChI=1S/C17H19BrFN/c1-11-8-12(2)17(16(18)9-11)20-13(3)10-14-4-6-15(19)7-5-14/h4-9,13,20H,10H2,1-3H3. The van der Waals surface area contributed by atoms with Crippen LogP contribution < -0.4 is 5.32 Å². The Labute approximate surface area is 128 Å². The molecule has 2 aromatic rings. The van der Waals surface area contributed by atoms with Crippen molar-refractivity contribution in [2.75, 3.05) is 5.32 Å². The monoisotopic (exact) mass is 335 g/mol. The lowest BCUT2D eigenvalue weighted by Gasteiger charge is -2.19. The van der Waals surface area contributed by atoms with Gasteiger partial charge in [0.05, 0.1) is 5.69 Å². The summed E-state index contributed by atoms with van der Waals surface area (Å²) in [4.78, 5) is 0. The number of benzene rings is 2. The molecule has 0 saturated heterocycles. The molecule has 1 unspecified atom stereocenters. The van der Waals surface area contributed by atoms with Crippen molar-refractivity contribution >= 4 is 21.6 Å². The Morgan fingerprint density at radius 1 is 1.15 bits per heavy atom. The summed E-state index contributed by atoms with van der Waals surface area (Å²) in [6, 6.07) is 11.2. The molecule has 0 amide bonds. The second kappa shape index (κ2) is 6.40. The van der Waals surface area contributed by atoms with E-state index in [0.29, 0.717) is 0 Å². The first-order chi connectivity index (χ1) is 9.45. The van der Waals surface area contributed by atoms with Crippen molar-refractivity contribution in [2.24, 2.45) is 0 Å². The Hall–Kier alpha value is -1.35. The lowest BCUT2D eigenvalue weighted by Crippen LogP contribution is -2.19. The summed E-state index contributed by atoms with van der Waals surface area (Å²) in [5.41, 5.74) is 4.73. The van der Waals surface area contributed by atoms with Crippen LogP contribution in [0.3, 0.4) is 0 Å². The van der Waals surface area contributed by atoms with Gasteiger partial charge in [-0.2, -0.15) is 0 Å². The Kier molecular flexibility index (Phi) is 4.81. The lowest BCUT2D eigenvalue weighted by molar-refractivity contribution is 0.626. The van der Waals surface area contributed by atoms with Gasteiger partial charge in [0, 0.05) is 10.5 Å². The topological polar surface area (TPSA) is 12.0 Å². The summed E-state index contributed by atoms with van der Waals surface area (Å²) < 4.78 is 14.0. The molecule has 0 aromatic heterocycles. The van der Waals surface area contributed by atoms with Crippen LogP contribution in [0.25, 0.3) is 0 Å². The highest BCUT2D eigenvalue weighted by Gasteiger charge is 2.09. The number of nitrogens with one attached hydrogen (secondary N) is 1. The fourth-order valence-corrected chi connectivity index (χ4v) is 3.16. The van der Waals surface area contributed by atoms with E-state index >= 15 is 0 Å². The SMILES string of the molecule is Cc1cc(C)c(NC(C)Cc2ccc(F)cc2)c(Br)c1. The van der Waals surface area contributed by atoms with E-state index in [4.69, 9.17) is 0 Å². The molecule has 2 aromatic carbocycles. The van der Waals surface area contributed by atoms with Crippen LogP contribution in [0, 0.1) is 19.7 Å². The van der Waals surface area contributed by atoms with Crippen LogP contribution >= 0.6 is 15.9 Å². The van der Waals surface area contributed by atoms with Crippen LogP contribution in [0.1, 0.15) is 23.6 Å². The number of halogens is 2. The molecule has 0 bridgehead atoms. The number of rotatable bonds is 4. The minimum atomic E-state index is -0.188. The highest BCUT2D eigenvalue weighted by molar-refractivity contribution is 9.10. The minimum Gasteiger partial charge on any atom is -0.381 e. The third-order valence-electron chi connectivity index (χ3n) is 3.28. The molecule has 1 N–H and O–H groups in total. The van der Waals surface area contributed by atoms with Gasteiger partial charge in [0.1, 0.15) is 5.82 Å². The van der Waals surface area contributed by atoms with E-state index in [2.05, 4.69) is 54.2 Å². The number of hydrogen-bond acceptors (Lipinski definition) is 1. The van der Waals surface area contributed by atoms with Gasteiger partial charge in [0.25, 0.3) is 0 Å². The molecule has 0 radical (unpaired) electrons. The van der Waals surface area contributed by atoms with Crippen LogP contribution in [0.5, 0.6) is 0 Å². The first kappa shape index (κ1) is 15.0. The summed E-state index contributed by atoms with van der Waals surface area (Å²) in [7, 11) is 0. The van der Waals surface area contributed by atoms with Crippen molar-refractivity contribution in [1.82, 2.24) is 0 Å². The Morgan fingerprint density at radius 2 is 1.80 bits per heavy atom. The predicted octanol–water partition coefficient (Wildman–Crippen LogP) is 5.25. The zero-order valence-corrected chi connectivity index (χ0v) is 13.6. The van der Waals surface area contributed by atoms with Crippen molar-refractivity contribution in [1.29, 1.82) is 0 Å². The van der Waals surface area contributed by atoms with E-state index in [1.165, 1.54) is 23.3 Å². The van der Waals surface area contributed by atoms with Crippen LogP contribution in [0.15, 0.2) is 40.9 Å². The highest BCUT2D eigenvalue weighted by atomic mass is 79.9. The normalized spacial score (nSPS) is 12.2. The molecule has 0 aliphatic rings. The van der Waals surface area contributed by atoms with Crippen molar-refractivity contribution in [3.8, 4) is 0 Å². The largest absolute Gasteiger partial charge is 0.381 e. The summed E-state index contributed by atoms with van der Waals surface area (Å²) >= 11 is 3.61. The van der Waals surface area contributed by atoms with Gasteiger partial charge in [-0.25, -0.2) is 4.39 Å². The summed E-state index contributed by atoms with van der Waals surface area (Å²) in [5, 5.41) is 3.53. The fourth-order valence-electron chi connectivity index (χ4n) is 2.37. The van der Waals surface area contributed by atoms with E-state index in [1.54, 1.807) is 0 Å². The smallest absolute Gasteiger partial charge is 0.123 e. The number of anilines is 1. The van der Waals surface area contributed by atoms with Gasteiger partial charge in [-0.15, -0.1) is 0 Å². The van der Waals surface area contributed by atoms with Gasteiger partial charge in [0.2, 0.25) is 0 Å². The molecule has 0 saturated carbocycles. The van der Waals surface area contributed by atoms with Crippen LogP contribution in [-0.2, 0) is 6.42 Å². The van der Waals surface area contributed by atoms with Crippen molar-refractivity contribution in [3.05, 3.63) is 63.4 Å². The Balaban J connectivity index is 2.08. The molecule has 2 rings (SSSR count). The maximum Gasteiger partial charge on any atom is 0.123 e. The highest BCUT2D eigenvalue weighted by Crippen LogP contribution is 2.28. The van der Waals surface area contributed by atoms with E-state index in [-0.39, 0.29) is 11.9 Å². The van der Waals surface area contributed by atoms with Gasteiger partial charge >= 0.3 is 0 Å². The first-order valence-corrected chi connectivity index (χ1v) is 7.52. The average Bonchev–Trinajstić information content (AvgIpc) is 2.36. The molecule has 0 spiro atoms. The molecule has 106 valence electrons. The second-order valence-electron chi connectivity index (χ2n) is 5.31. The van der Waals surface area contributed by atoms with E-state index in [9.17, 15) is 4.39 Å². The Morgan fingerprint density at radius 3 is 2.40 bits per heavy atom. The van der Waals surface area contributed by atoms with E-state index < -0.39 is 0 Å². The quantitative estimate of drug-likeness (QED) is 0.804. The second-order valence-corrected chi connectivity index (χ2v) is 6.17. The third kappa shape index (κ3) is 3.83. The van der Waals surface area contributed by atoms with Gasteiger partial charge in [-0.05, 0) is 78.0 Å². The van der Waals surface area contributed by atoms with Gasteiger partial charge < -0.3 is 5.32 Å². The van der Waals surface area contributed by atoms with E-state index in [1.807, 2.05) is 12.1 Å². The predicted molar refractivity (Wildman–Crippen MR) is 86.8 cm³/mol. The minimum absolute atomic E-state index is 0.188. The maximum atomic E-state index is 12.9. The molecule has 0 heterocycles. The summed E-state index contributed by atoms with van der Waals surface area (Å²) in [6.45, 7) is 6.32. The zero-order valence-electron chi connectivity index (χ0n) is 12.0. The van der Waals surface area contributed by atoms with Crippen LogP contribution in [-0.4, -0.2) is 6.04 Å².